The minimum absolute atomic E-state index is 0.0704. The Kier molecular flexibility index (Phi) is 4.44. The maximum Gasteiger partial charge on any atom is 0.271 e. The minimum Gasteiger partial charge on any atom is -0.381 e. The fourth-order valence-corrected chi connectivity index (χ4v) is 5.10. The molecule has 0 aliphatic heterocycles. The molecular weight excluding hydrogens is 348 g/mol. The molecule has 4 rings (SSSR count). The van der Waals surface area contributed by atoms with Gasteiger partial charge in [-0.1, -0.05) is 0 Å². The van der Waals surface area contributed by atoms with Gasteiger partial charge in [-0.2, -0.15) is 0 Å². The number of hydrogen-bond acceptors (Lipinski definition) is 6. The average Bonchev–Trinajstić information content (AvgIpc) is 3.01. The van der Waals surface area contributed by atoms with Gasteiger partial charge in [-0.05, 0) is 38.7 Å². The van der Waals surface area contributed by atoms with Crippen LogP contribution in [-0.4, -0.2) is 41.8 Å². The summed E-state index contributed by atoms with van der Waals surface area (Å²) in [5, 5.41) is 0.980. The Labute approximate surface area is 156 Å². The molecule has 1 fully saturated rings. The molecule has 7 heteroatoms. The van der Waals surface area contributed by atoms with Crippen LogP contribution in [0.15, 0.2) is 17.1 Å². The van der Waals surface area contributed by atoms with Crippen LogP contribution in [0.3, 0.4) is 0 Å². The molecule has 6 nitrogen and oxygen atoms in total. The Morgan fingerprint density at radius 2 is 2.00 bits per heavy atom. The van der Waals surface area contributed by atoms with Gasteiger partial charge in [0.2, 0.25) is 0 Å². The first-order valence-electron chi connectivity index (χ1n) is 9.01. The lowest BCUT2D eigenvalue weighted by atomic mass is 9.92. The third-order valence-corrected chi connectivity index (χ3v) is 6.48. The predicted molar refractivity (Wildman–Crippen MR) is 107 cm³/mol. The van der Waals surface area contributed by atoms with Crippen molar-refractivity contribution >= 4 is 37.5 Å². The molecule has 26 heavy (non-hydrogen) atoms. The number of ether oxygens (including phenoxy) is 1. The SMILES string of the molecule is COC1CCC(n2c(C)nc3c(sc4nccc(N(C)C)c43)c2=O)CC1. The van der Waals surface area contributed by atoms with Crippen molar-refractivity contribution in [2.45, 2.75) is 44.8 Å². The van der Waals surface area contributed by atoms with Crippen LogP contribution in [0.4, 0.5) is 5.69 Å². The Morgan fingerprint density at radius 1 is 1.27 bits per heavy atom. The van der Waals surface area contributed by atoms with Gasteiger partial charge in [0.15, 0.2) is 0 Å². The van der Waals surface area contributed by atoms with Crippen molar-refractivity contribution < 1.29 is 4.74 Å². The van der Waals surface area contributed by atoms with Gasteiger partial charge in [0.1, 0.15) is 20.9 Å². The van der Waals surface area contributed by atoms with Gasteiger partial charge < -0.3 is 9.64 Å². The molecular formula is C19H24N4O2S. The molecule has 1 aliphatic rings. The maximum absolute atomic E-state index is 13.3. The first-order valence-corrected chi connectivity index (χ1v) is 9.83. The van der Waals surface area contributed by atoms with Crippen LogP contribution in [-0.2, 0) is 4.74 Å². The Bertz CT molecular complexity index is 1020. The molecule has 3 aromatic heterocycles. The number of rotatable bonds is 3. The Hall–Kier alpha value is -1.99. The van der Waals surface area contributed by atoms with E-state index in [4.69, 9.17) is 9.72 Å². The standard InChI is InChI=1S/C19H24N4O2S/c1-11-21-16-15-14(22(2)3)9-10-20-18(15)26-17(16)19(24)23(11)12-5-7-13(25-4)8-6-12/h9-10,12-13H,5-8H2,1-4H3. The van der Waals surface area contributed by atoms with E-state index in [1.165, 1.54) is 11.3 Å². The maximum atomic E-state index is 13.3. The van der Waals surface area contributed by atoms with E-state index >= 15 is 0 Å². The normalized spacial score (nSPS) is 20.8. The van der Waals surface area contributed by atoms with E-state index in [-0.39, 0.29) is 11.6 Å². The molecule has 3 heterocycles. The highest BCUT2D eigenvalue weighted by molar-refractivity contribution is 7.25. The van der Waals surface area contributed by atoms with Gasteiger partial charge in [0.05, 0.1) is 17.2 Å². The summed E-state index contributed by atoms with van der Waals surface area (Å²) in [5.41, 5.74) is 1.90. The lowest BCUT2D eigenvalue weighted by molar-refractivity contribution is 0.0576. The monoisotopic (exact) mass is 372 g/mol. The minimum atomic E-state index is 0.0704. The third-order valence-electron chi connectivity index (χ3n) is 5.40. The van der Waals surface area contributed by atoms with Crippen molar-refractivity contribution in [3.8, 4) is 0 Å². The number of pyridine rings is 1. The lowest BCUT2D eigenvalue weighted by Crippen LogP contribution is -2.31. The topological polar surface area (TPSA) is 60.2 Å². The fraction of sp³-hybridized carbons (Fsp3) is 0.526. The Morgan fingerprint density at radius 3 is 2.65 bits per heavy atom. The van der Waals surface area contributed by atoms with Crippen LogP contribution in [0.25, 0.3) is 20.4 Å². The van der Waals surface area contributed by atoms with E-state index in [0.29, 0.717) is 10.8 Å². The van der Waals surface area contributed by atoms with Gasteiger partial charge in [-0.25, -0.2) is 9.97 Å². The Balaban J connectivity index is 1.89. The first-order chi connectivity index (χ1) is 12.5. The third kappa shape index (κ3) is 2.70. The molecule has 1 aliphatic carbocycles. The number of aromatic nitrogens is 3. The van der Waals surface area contributed by atoms with Crippen LogP contribution >= 0.6 is 11.3 Å². The number of nitrogens with zero attached hydrogens (tertiary/aromatic N) is 4. The van der Waals surface area contributed by atoms with Crippen molar-refractivity contribution in [1.82, 2.24) is 14.5 Å². The lowest BCUT2D eigenvalue weighted by Gasteiger charge is -2.29. The summed E-state index contributed by atoms with van der Waals surface area (Å²) in [7, 11) is 5.77. The van der Waals surface area contributed by atoms with E-state index in [9.17, 15) is 4.79 Å². The molecule has 0 N–H and O–H groups in total. The molecule has 1 saturated carbocycles. The zero-order valence-corrected chi connectivity index (χ0v) is 16.5. The van der Waals surface area contributed by atoms with Crippen molar-refractivity contribution in [3.05, 3.63) is 28.4 Å². The van der Waals surface area contributed by atoms with Crippen LogP contribution in [0, 0.1) is 6.92 Å². The van der Waals surface area contributed by atoms with Gasteiger partial charge >= 0.3 is 0 Å². The average molecular weight is 372 g/mol. The summed E-state index contributed by atoms with van der Waals surface area (Å²) >= 11 is 1.45. The van der Waals surface area contributed by atoms with E-state index in [1.54, 1.807) is 13.3 Å². The summed E-state index contributed by atoms with van der Waals surface area (Å²) in [6.45, 7) is 1.94. The zero-order chi connectivity index (χ0) is 18.4. The largest absolute Gasteiger partial charge is 0.381 e. The van der Waals surface area contributed by atoms with Crippen LogP contribution in [0.5, 0.6) is 0 Å². The first kappa shape index (κ1) is 17.4. The molecule has 0 spiro atoms. The number of hydrogen-bond donors (Lipinski definition) is 0. The molecule has 3 aromatic rings. The molecule has 0 saturated heterocycles. The second-order valence-corrected chi connectivity index (χ2v) is 8.18. The van der Waals surface area contributed by atoms with Gasteiger partial charge in [0.25, 0.3) is 5.56 Å². The molecule has 138 valence electrons. The van der Waals surface area contributed by atoms with Gasteiger partial charge in [-0.15, -0.1) is 11.3 Å². The molecule has 0 radical (unpaired) electrons. The molecule has 0 atom stereocenters. The van der Waals surface area contributed by atoms with Crippen molar-refractivity contribution in [2.24, 2.45) is 0 Å². The van der Waals surface area contributed by atoms with Gasteiger partial charge in [-0.3, -0.25) is 9.36 Å². The summed E-state index contributed by atoms with van der Waals surface area (Å²) in [6, 6.07) is 2.18. The number of fused-ring (bicyclic) bond motifs is 3. The van der Waals surface area contributed by atoms with Gasteiger partial charge in [0, 0.05) is 33.4 Å². The smallest absolute Gasteiger partial charge is 0.271 e. The summed E-state index contributed by atoms with van der Waals surface area (Å²) in [5.74, 6) is 0.789. The van der Waals surface area contributed by atoms with Crippen LogP contribution < -0.4 is 10.5 Å². The summed E-state index contributed by atoms with van der Waals surface area (Å²) in [4.78, 5) is 25.6. The van der Waals surface area contributed by atoms with E-state index in [2.05, 4.69) is 4.98 Å². The van der Waals surface area contributed by atoms with Crippen LogP contribution in [0.2, 0.25) is 0 Å². The second kappa shape index (κ2) is 6.63. The van der Waals surface area contributed by atoms with E-state index in [0.717, 1.165) is 52.9 Å². The summed E-state index contributed by atoms with van der Waals surface area (Å²) in [6.07, 6.45) is 6.00. The number of anilines is 1. The number of aryl methyl sites for hydroxylation is 1. The predicted octanol–water partition coefficient (Wildman–Crippen LogP) is 3.51. The van der Waals surface area contributed by atoms with E-state index in [1.807, 2.05) is 36.6 Å². The highest BCUT2D eigenvalue weighted by atomic mass is 32.1. The van der Waals surface area contributed by atoms with E-state index < -0.39 is 0 Å². The number of methoxy groups -OCH3 is 1. The quantitative estimate of drug-likeness (QED) is 0.704. The van der Waals surface area contributed by atoms with Crippen molar-refractivity contribution in [2.75, 3.05) is 26.1 Å². The van der Waals surface area contributed by atoms with Crippen molar-refractivity contribution in [3.63, 3.8) is 0 Å². The van der Waals surface area contributed by atoms with Crippen LogP contribution in [0.1, 0.15) is 37.5 Å². The second-order valence-electron chi connectivity index (χ2n) is 7.18. The molecule has 0 aromatic carbocycles. The zero-order valence-electron chi connectivity index (χ0n) is 15.7. The number of thiophene rings is 1. The van der Waals surface area contributed by atoms with Crippen molar-refractivity contribution in [1.29, 1.82) is 0 Å². The molecule has 0 bridgehead atoms. The highest BCUT2D eigenvalue weighted by Crippen LogP contribution is 2.36. The molecule has 0 amide bonds. The fourth-order valence-electron chi connectivity index (χ4n) is 4.06. The highest BCUT2D eigenvalue weighted by Gasteiger charge is 2.26. The summed E-state index contributed by atoms with van der Waals surface area (Å²) < 4.78 is 8.08. The molecule has 0 unspecified atom stereocenters.